The molecule has 5 nitrogen and oxygen atoms in total. The fraction of sp³-hybridized carbons (Fsp3) is 0.632. The minimum Gasteiger partial charge on any atom is -0.497 e. The van der Waals surface area contributed by atoms with E-state index in [2.05, 4.69) is 22.3 Å². The van der Waals surface area contributed by atoms with Crippen molar-refractivity contribution < 1.29 is 9.53 Å². The summed E-state index contributed by atoms with van der Waals surface area (Å²) in [6.45, 7) is 2.83. The molecule has 1 aliphatic heterocycles. The maximum atomic E-state index is 12.5. The Labute approximate surface area is 168 Å². The van der Waals surface area contributed by atoms with Gasteiger partial charge in [-0.3, -0.25) is 9.69 Å². The number of ether oxygens (including phenoxy) is 1. The van der Waals surface area contributed by atoms with Gasteiger partial charge < -0.3 is 15.8 Å². The van der Waals surface area contributed by atoms with Gasteiger partial charge in [-0.2, -0.15) is 0 Å². The van der Waals surface area contributed by atoms with Gasteiger partial charge in [-0.1, -0.05) is 12.1 Å². The van der Waals surface area contributed by atoms with Gasteiger partial charge in [0.1, 0.15) is 5.75 Å². The Morgan fingerprint density at radius 3 is 2.65 bits per heavy atom. The number of carbonyl (C=O) groups is 1. The first-order chi connectivity index (χ1) is 11.7. The van der Waals surface area contributed by atoms with Crippen LogP contribution in [0.5, 0.6) is 5.75 Å². The summed E-state index contributed by atoms with van der Waals surface area (Å²) in [5.74, 6) is 1.12. The first-order valence-corrected chi connectivity index (χ1v) is 9.08. The van der Waals surface area contributed by atoms with Gasteiger partial charge in [0.2, 0.25) is 5.91 Å². The number of benzene rings is 1. The molecule has 3 N–H and O–H groups in total. The fourth-order valence-corrected chi connectivity index (χ4v) is 3.96. The first-order valence-electron chi connectivity index (χ1n) is 9.08. The van der Waals surface area contributed by atoms with Crippen LogP contribution < -0.4 is 15.8 Å². The van der Waals surface area contributed by atoms with Crippen LogP contribution in [0.15, 0.2) is 24.3 Å². The Kier molecular flexibility index (Phi) is 9.72. The van der Waals surface area contributed by atoms with Crippen LogP contribution in [0.2, 0.25) is 0 Å². The van der Waals surface area contributed by atoms with Gasteiger partial charge >= 0.3 is 0 Å². The molecule has 2 aliphatic rings. The lowest BCUT2D eigenvalue weighted by molar-refractivity contribution is -0.125. The fourth-order valence-electron chi connectivity index (χ4n) is 3.96. The summed E-state index contributed by atoms with van der Waals surface area (Å²) in [7, 11) is 1.69. The molecule has 1 saturated heterocycles. The number of carbonyl (C=O) groups excluding carboxylic acids is 1. The van der Waals surface area contributed by atoms with Crippen molar-refractivity contribution in [3.05, 3.63) is 29.8 Å². The lowest BCUT2D eigenvalue weighted by atomic mass is 10.0. The second kappa shape index (κ2) is 11.0. The standard InChI is InChI=1S/C19H29N3O2.2ClH/c1-24-17-6-4-5-14(12-17)18(22-9-2-3-10-22)13-21-19(23)15-7-8-16(20)11-15;;/h4-6,12,15-16,18H,2-3,7-11,13,20H2,1H3,(H,21,23);2*1H. The number of methoxy groups -OCH3 is 1. The van der Waals surface area contributed by atoms with Gasteiger partial charge in [0, 0.05) is 18.5 Å². The van der Waals surface area contributed by atoms with Gasteiger partial charge in [0.15, 0.2) is 0 Å². The minimum atomic E-state index is 0. The highest BCUT2D eigenvalue weighted by Crippen LogP contribution is 2.28. The van der Waals surface area contributed by atoms with Crippen LogP contribution in [0.3, 0.4) is 0 Å². The van der Waals surface area contributed by atoms with Crippen LogP contribution in [-0.2, 0) is 4.79 Å². The maximum Gasteiger partial charge on any atom is 0.223 e. The molecule has 3 unspecified atom stereocenters. The number of hydrogen-bond donors (Lipinski definition) is 2. The van der Waals surface area contributed by atoms with Crippen molar-refractivity contribution in [2.24, 2.45) is 11.7 Å². The summed E-state index contributed by atoms with van der Waals surface area (Å²) >= 11 is 0. The molecule has 1 aromatic rings. The third-order valence-electron chi connectivity index (χ3n) is 5.37. The number of nitrogens with two attached hydrogens (primary N) is 1. The molecule has 3 atom stereocenters. The molecule has 1 aliphatic carbocycles. The van der Waals surface area contributed by atoms with Crippen LogP contribution in [0.1, 0.15) is 43.7 Å². The normalized spacial score (nSPS) is 23.6. The van der Waals surface area contributed by atoms with Gasteiger partial charge in [0.25, 0.3) is 0 Å². The third-order valence-corrected chi connectivity index (χ3v) is 5.37. The van der Waals surface area contributed by atoms with Gasteiger partial charge in [-0.25, -0.2) is 0 Å². The van der Waals surface area contributed by atoms with E-state index < -0.39 is 0 Å². The summed E-state index contributed by atoms with van der Waals surface area (Å²) in [5, 5.41) is 3.18. The summed E-state index contributed by atoms with van der Waals surface area (Å²) in [6.07, 6.45) is 5.15. The molecule has 1 heterocycles. The predicted molar refractivity (Wildman–Crippen MR) is 109 cm³/mol. The zero-order chi connectivity index (χ0) is 16.9. The second-order valence-corrected chi connectivity index (χ2v) is 7.05. The van der Waals surface area contributed by atoms with Crippen molar-refractivity contribution in [1.29, 1.82) is 0 Å². The molecule has 7 heteroatoms. The Bertz CT molecular complexity index is 567. The lowest BCUT2D eigenvalue weighted by Gasteiger charge is -2.29. The first kappa shape index (κ1) is 23.0. The number of likely N-dealkylation sites (tertiary alicyclic amines) is 1. The van der Waals surface area contributed by atoms with Gasteiger partial charge in [0.05, 0.1) is 13.2 Å². The van der Waals surface area contributed by atoms with Gasteiger partial charge in [-0.15, -0.1) is 24.8 Å². The van der Waals surface area contributed by atoms with Crippen LogP contribution in [-0.4, -0.2) is 43.6 Å². The van der Waals surface area contributed by atoms with Crippen molar-refractivity contribution in [2.75, 3.05) is 26.7 Å². The molecule has 2 fully saturated rings. The molecular weight excluding hydrogens is 373 g/mol. The Balaban J connectivity index is 0.00000169. The molecule has 1 amide bonds. The molecule has 26 heavy (non-hydrogen) atoms. The van der Waals surface area contributed by atoms with Crippen molar-refractivity contribution in [3.8, 4) is 5.75 Å². The maximum absolute atomic E-state index is 12.5. The summed E-state index contributed by atoms with van der Waals surface area (Å²) in [5.41, 5.74) is 7.15. The Morgan fingerprint density at radius 2 is 2.04 bits per heavy atom. The van der Waals surface area contributed by atoms with E-state index in [0.29, 0.717) is 6.54 Å². The number of nitrogens with zero attached hydrogens (tertiary/aromatic N) is 1. The average molecular weight is 404 g/mol. The largest absolute Gasteiger partial charge is 0.497 e. The van der Waals surface area contributed by atoms with Crippen molar-refractivity contribution in [1.82, 2.24) is 10.2 Å². The molecule has 0 radical (unpaired) electrons. The highest BCUT2D eigenvalue weighted by Gasteiger charge is 2.29. The Hall–Kier alpha value is -1.01. The SMILES string of the molecule is COc1cccc(C(CNC(=O)C2CCC(N)C2)N2CCCC2)c1.Cl.Cl. The Morgan fingerprint density at radius 1 is 1.31 bits per heavy atom. The number of nitrogens with one attached hydrogen (secondary N) is 1. The van der Waals surface area contributed by atoms with Crippen molar-refractivity contribution >= 4 is 30.7 Å². The van der Waals surface area contributed by atoms with E-state index in [0.717, 1.165) is 38.1 Å². The molecule has 1 saturated carbocycles. The van der Waals surface area contributed by atoms with Crippen LogP contribution >= 0.6 is 24.8 Å². The minimum absolute atomic E-state index is 0. The lowest BCUT2D eigenvalue weighted by Crippen LogP contribution is -2.39. The summed E-state index contributed by atoms with van der Waals surface area (Å²) in [6, 6.07) is 8.59. The number of halogens is 2. The van der Waals surface area contributed by atoms with Crippen LogP contribution in [0, 0.1) is 5.92 Å². The highest BCUT2D eigenvalue weighted by atomic mass is 35.5. The number of amides is 1. The third kappa shape index (κ3) is 5.74. The van der Waals surface area contributed by atoms with E-state index in [1.54, 1.807) is 7.11 Å². The summed E-state index contributed by atoms with van der Waals surface area (Å²) < 4.78 is 5.37. The zero-order valence-corrected chi connectivity index (χ0v) is 17.0. The quantitative estimate of drug-likeness (QED) is 0.765. The zero-order valence-electron chi connectivity index (χ0n) is 15.4. The van der Waals surface area contributed by atoms with E-state index in [1.165, 1.54) is 18.4 Å². The van der Waals surface area contributed by atoms with E-state index in [9.17, 15) is 4.79 Å². The molecule has 0 bridgehead atoms. The summed E-state index contributed by atoms with van der Waals surface area (Å²) in [4.78, 5) is 14.9. The van der Waals surface area contributed by atoms with Gasteiger partial charge in [-0.05, 0) is 62.9 Å². The molecule has 3 rings (SSSR count). The molecule has 148 valence electrons. The van der Waals surface area contributed by atoms with Crippen LogP contribution in [0.25, 0.3) is 0 Å². The molecule has 0 spiro atoms. The van der Waals surface area contributed by atoms with Crippen molar-refractivity contribution in [2.45, 2.75) is 44.2 Å². The molecular formula is C19H31Cl2N3O2. The molecule has 1 aromatic carbocycles. The van der Waals surface area contributed by atoms with E-state index in [-0.39, 0.29) is 48.7 Å². The average Bonchev–Trinajstić information content (AvgIpc) is 3.27. The van der Waals surface area contributed by atoms with E-state index in [4.69, 9.17) is 10.5 Å². The van der Waals surface area contributed by atoms with Crippen molar-refractivity contribution in [3.63, 3.8) is 0 Å². The smallest absolute Gasteiger partial charge is 0.223 e. The molecule has 0 aromatic heterocycles. The monoisotopic (exact) mass is 403 g/mol. The number of hydrogen-bond acceptors (Lipinski definition) is 4. The van der Waals surface area contributed by atoms with Crippen LogP contribution in [0.4, 0.5) is 0 Å². The topological polar surface area (TPSA) is 67.6 Å². The predicted octanol–water partition coefficient (Wildman–Crippen LogP) is 2.92. The van der Waals surface area contributed by atoms with E-state index >= 15 is 0 Å². The second-order valence-electron chi connectivity index (χ2n) is 7.05. The highest BCUT2D eigenvalue weighted by molar-refractivity contribution is 5.85. The number of rotatable bonds is 6. The van der Waals surface area contributed by atoms with E-state index in [1.807, 2.05) is 12.1 Å².